The fourth-order valence-electron chi connectivity index (χ4n) is 3.86. The first-order chi connectivity index (χ1) is 12.1. The van der Waals surface area contributed by atoms with E-state index in [1.807, 2.05) is 0 Å². The molecule has 0 aromatic heterocycles. The highest BCUT2D eigenvalue weighted by Crippen LogP contribution is 2.29. The van der Waals surface area contributed by atoms with Gasteiger partial charge in [0.1, 0.15) is 6.04 Å². The molecule has 0 spiro atoms. The molecule has 2 heteroatoms. The second-order valence-electron chi connectivity index (χ2n) is 8.72. The summed E-state index contributed by atoms with van der Waals surface area (Å²) in [6.45, 7) is 2.29. The van der Waals surface area contributed by atoms with E-state index in [0.717, 1.165) is 4.48 Å². The van der Waals surface area contributed by atoms with E-state index in [9.17, 15) is 0 Å². The van der Waals surface area contributed by atoms with Gasteiger partial charge in [-0.15, -0.1) is 0 Å². The van der Waals surface area contributed by atoms with Gasteiger partial charge in [-0.1, -0.05) is 108 Å². The monoisotopic (exact) mass is 381 g/mol. The van der Waals surface area contributed by atoms with Gasteiger partial charge in [-0.3, -0.25) is 0 Å². The number of hydrogen-bond donors (Lipinski definition) is 0. The van der Waals surface area contributed by atoms with Crippen LogP contribution < -0.4 is 12.4 Å². The molecule has 0 radical (unpaired) electrons. The number of rotatable bonds is 15. The Kier molecular flexibility index (Phi) is 15.2. The number of halogens is 1. The molecule has 0 heterocycles. The van der Waals surface area contributed by atoms with Crippen molar-refractivity contribution in [3.05, 3.63) is 35.9 Å². The first-order valence-electron chi connectivity index (χ1n) is 10.9. The molecule has 1 aromatic carbocycles. The van der Waals surface area contributed by atoms with Crippen molar-refractivity contribution in [3.8, 4) is 0 Å². The number of quaternary nitrogens is 1. The maximum Gasteiger partial charge on any atom is 0.114 e. The summed E-state index contributed by atoms with van der Waals surface area (Å²) in [5.74, 6) is 0. The summed E-state index contributed by atoms with van der Waals surface area (Å²) in [7, 11) is 6.99. The van der Waals surface area contributed by atoms with Crippen LogP contribution >= 0.6 is 0 Å². The van der Waals surface area contributed by atoms with E-state index < -0.39 is 0 Å². The molecule has 26 heavy (non-hydrogen) atoms. The van der Waals surface area contributed by atoms with Crippen LogP contribution in [-0.4, -0.2) is 25.6 Å². The highest BCUT2D eigenvalue weighted by molar-refractivity contribution is 5.17. The van der Waals surface area contributed by atoms with Crippen molar-refractivity contribution in [2.75, 3.05) is 21.1 Å². The molecule has 1 aromatic rings. The third-order valence-electron chi connectivity index (χ3n) is 5.45. The Hall–Kier alpha value is -0.530. The molecule has 0 aliphatic carbocycles. The largest absolute Gasteiger partial charge is 1.00 e. The molecule has 1 atom stereocenters. The van der Waals surface area contributed by atoms with Gasteiger partial charge in [0.2, 0.25) is 0 Å². The van der Waals surface area contributed by atoms with Gasteiger partial charge in [0, 0.05) is 12.0 Å². The molecular weight excluding hydrogens is 338 g/mol. The van der Waals surface area contributed by atoms with E-state index in [0.29, 0.717) is 6.04 Å². The topological polar surface area (TPSA) is 0 Å². The maximum atomic E-state index is 2.33. The number of hydrogen-bond acceptors (Lipinski definition) is 0. The molecule has 1 rings (SSSR count). The second-order valence-corrected chi connectivity index (χ2v) is 8.72. The zero-order chi connectivity index (χ0) is 18.4. The van der Waals surface area contributed by atoms with E-state index >= 15 is 0 Å². The van der Waals surface area contributed by atoms with Crippen molar-refractivity contribution in [1.82, 2.24) is 0 Å². The van der Waals surface area contributed by atoms with Crippen LogP contribution in [0.4, 0.5) is 0 Å². The molecule has 0 aliphatic heterocycles. The van der Waals surface area contributed by atoms with Gasteiger partial charge < -0.3 is 16.9 Å². The van der Waals surface area contributed by atoms with Gasteiger partial charge in [0.05, 0.1) is 21.1 Å². The van der Waals surface area contributed by atoms with E-state index in [1.165, 1.54) is 89.0 Å². The SMILES string of the molecule is CCCCCCCCCCCCCCC(c1ccccc1)[N+](C)(C)C.[Cl-]. The summed E-state index contributed by atoms with van der Waals surface area (Å²) >= 11 is 0. The lowest BCUT2D eigenvalue weighted by Crippen LogP contribution is -3.00. The van der Waals surface area contributed by atoms with Crippen molar-refractivity contribution >= 4 is 0 Å². The van der Waals surface area contributed by atoms with Crippen molar-refractivity contribution in [1.29, 1.82) is 0 Å². The fourth-order valence-corrected chi connectivity index (χ4v) is 3.86. The molecule has 0 N–H and O–H groups in total. The standard InChI is InChI=1S/C24H44N.ClH/c1-5-6-7-8-9-10-11-12-13-14-15-19-22-24(25(2,3)4)23-20-17-16-18-21-23;/h16-18,20-21,24H,5-15,19,22H2,1-4H3;1H/q+1;/p-1. The molecule has 0 aliphatic rings. The molecule has 0 saturated heterocycles. The Balaban J connectivity index is 0.00000625. The molecule has 0 amide bonds. The lowest BCUT2D eigenvalue weighted by Gasteiger charge is -2.34. The van der Waals surface area contributed by atoms with E-state index in [1.54, 1.807) is 0 Å². The third kappa shape index (κ3) is 12.0. The third-order valence-corrected chi connectivity index (χ3v) is 5.45. The van der Waals surface area contributed by atoms with Crippen LogP contribution in [0.15, 0.2) is 30.3 Å². The molecular formula is C24H44ClN. The first-order valence-corrected chi connectivity index (χ1v) is 10.9. The Morgan fingerprint density at radius 2 is 1.08 bits per heavy atom. The molecule has 1 nitrogen and oxygen atoms in total. The van der Waals surface area contributed by atoms with E-state index in [-0.39, 0.29) is 12.4 Å². The predicted molar refractivity (Wildman–Crippen MR) is 113 cm³/mol. The summed E-state index contributed by atoms with van der Waals surface area (Å²) in [6.07, 6.45) is 18.5. The zero-order valence-corrected chi connectivity index (χ0v) is 18.7. The van der Waals surface area contributed by atoms with E-state index in [4.69, 9.17) is 0 Å². The Labute approximate surface area is 170 Å². The van der Waals surface area contributed by atoms with Crippen LogP contribution in [0.3, 0.4) is 0 Å². The van der Waals surface area contributed by atoms with Crippen LogP contribution in [0.2, 0.25) is 0 Å². The normalized spacial score (nSPS) is 12.6. The molecule has 152 valence electrons. The highest BCUT2D eigenvalue weighted by Gasteiger charge is 2.24. The van der Waals surface area contributed by atoms with Crippen LogP contribution in [0.5, 0.6) is 0 Å². The quantitative estimate of drug-likeness (QED) is 0.309. The van der Waals surface area contributed by atoms with Crippen LogP contribution in [0, 0.1) is 0 Å². The minimum atomic E-state index is 0. The Bertz CT molecular complexity index is 410. The fraction of sp³-hybridized carbons (Fsp3) is 0.750. The van der Waals surface area contributed by atoms with Crippen LogP contribution in [0.25, 0.3) is 0 Å². The lowest BCUT2D eigenvalue weighted by atomic mass is 9.97. The van der Waals surface area contributed by atoms with Crippen LogP contribution in [-0.2, 0) is 0 Å². The minimum Gasteiger partial charge on any atom is -1.00 e. The number of benzene rings is 1. The first kappa shape index (κ1) is 25.5. The Morgan fingerprint density at radius 3 is 1.50 bits per heavy atom. The van der Waals surface area contributed by atoms with Crippen molar-refractivity contribution in [3.63, 3.8) is 0 Å². The average Bonchev–Trinajstić information content (AvgIpc) is 2.58. The second kappa shape index (κ2) is 15.5. The summed E-state index contributed by atoms with van der Waals surface area (Å²) in [5.41, 5.74) is 1.50. The lowest BCUT2D eigenvalue weighted by molar-refractivity contribution is -0.902. The van der Waals surface area contributed by atoms with Crippen molar-refractivity contribution < 1.29 is 16.9 Å². The van der Waals surface area contributed by atoms with E-state index in [2.05, 4.69) is 58.4 Å². The summed E-state index contributed by atoms with van der Waals surface area (Å²) in [5, 5.41) is 0. The maximum absolute atomic E-state index is 2.33. The van der Waals surface area contributed by atoms with Gasteiger partial charge in [0.15, 0.2) is 0 Å². The van der Waals surface area contributed by atoms with Crippen LogP contribution in [0.1, 0.15) is 102 Å². The molecule has 0 fully saturated rings. The van der Waals surface area contributed by atoms with Gasteiger partial charge in [0.25, 0.3) is 0 Å². The van der Waals surface area contributed by atoms with Crippen molar-refractivity contribution in [2.45, 2.75) is 96.4 Å². The number of unbranched alkanes of at least 4 members (excludes halogenated alkanes) is 11. The van der Waals surface area contributed by atoms with Gasteiger partial charge in [-0.2, -0.15) is 0 Å². The van der Waals surface area contributed by atoms with Gasteiger partial charge >= 0.3 is 0 Å². The van der Waals surface area contributed by atoms with Gasteiger partial charge in [-0.25, -0.2) is 0 Å². The van der Waals surface area contributed by atoms with Crippen molar-refractivity contribution in [2.24, 2.45) is 0 Å². The van der Waals surface area contributed by atoms with Gasteiger partial charge in [-0.05, 0) is 6.42 Å². The summed E-state index contributed by atoms with van der Waals surface area (Å²) in [4.78, 5) is 0. The Morgan fingerprint density at radius 1 is 0.654 bits per heavy atom. The predicted octanol–water partition coefficient (Wildman–Crippen LogP) is 4.53. The number of nitrogens with zero attached hydrogens (tertiary/aromatic N) is 1. The smallest absolute Gasteiger partial charge is 0.114 e. The average molecular weight is 382 g/mol. The highest BCUT2D eigenvalue weighted by atomic mass is 35.5. The zero-order valence-electron chi connectivity index (χ0n) is 18.0. The summed E-state index contributed by atoms with van der Waals surface area (Å²) in [6, 6.07) is 11.7. The summed E-state index contributed by atoms with van der Waals surface area (Å²) < 4.78 is 1.03. The molecule has 1 unspecified atom stereocenters. The molecule has 0 bridgehead atoms. The minimum absolute atomic E-state index is 0. The molecule has 0 saturated carbocycles.